The summed E-state index contributed by atoms with van der Waals surface area (Å²) in [6.07, 6.45) is 1.92. The highest BCUT2D eigenvalue weighted by Gasteiger charge is 2.23. The van der Waals surface area contributed by atoms with Gasteiger partial charge in [-0.1, -0.05) is 48.5 Å². The summed E-state index contributed by atoms with van der Waals surface area (Å²) in [6, 6.07) is 23.3. The number of carbonyl (C=O) groups is 1. The second kappa shape index (κ2) is 6.64. The van der Waals surface area contributed by atoms with Gasteiger partial charge in [-0.3, -0.25) is 9.59 Å². The van der Waals surface area contributed by atoms with Gasteiger partial charge in [0.15, 0.2) is 5.43 Å². The van der Waals surface area contributed by atoms with Crippen LogP contribution in [0, 0.1) is 0 Å². The number of para-hydroxylation sites is 2. The Hall–Kier alpha value is -3.40. The van der Waals surface area contributed by atoms with E-state index in [1.807, 2.05) is 65.2 Å². The van der Waals surface area contributed by atoms with Gasteiger partial charge in [-0.15, -0.1) is 0 Å². The molecule has 1 aliphatic carbocycles. The first-order valence-electron chi connectivity index (χ1n) is 9.60. The van der Waals surface area contributed by atoms with Crippen molar-refractivity contribution in [3.8, 4) is 0 Å². The number of aryl methyl sites for hydroxylation is 1. The molecule has 5 rings (SSSR count). The molecule has 0 bridgehead atoms. The van der Waals surface area contributed by atoms with Crippen LogP contribution in [-0.2, 0) is 17.8 Å². The van der Waals surface area contributed by atoms with Crippen LogP contribution in [0.1, 0.15) is 23.6 Å². The predicted octanol–water partition coefficient (Wildman–Crippen LogP) is 3.96. The zero-order chi connectivity index (χ0) is 19.1. The Labute approximate surface area is 162 Å². The van der Waals surface area contributed by atoms with Crippen LogP contribution in [0.25, 0.3) is 21.8 Å². The summed E-state index contributed by atoms with van der Waals surface area (Å²) in [5.41, 5.74) is 4.10. The van der Waals surface area contributed by atoms with Crippen LogP contribution < -0.4 is 10.7 Å². The van der Waals surface area contributed by atoms with Gasteiger partial charge >= 0.3 is 0 Å². The molecule has 3 aromatic carbocycles. The normalized spacial score (nSPS) is 15.6. The van der Waals surface area contributed by atoms with Crippen LogP contribution in [0.4, 0.5) is 0 Å². The van der Waals surface area contributed by atoms with Crippen LogP contribution in [0.5, 0.6) is 0 Å². The number of hydrogen-bond donors (Lipinski definition) is 1. The number of aromatic nitrogens is 1. The maximum atomic E-state index is 12.9. The maximum Gasteiger partial charge on any atom is 0.240 e. The zero-order valence-electron chi connectivity index (χ0n) is 15.4. The molecule has 4 heteroatoms. The van der Waals surface area contributed by atoms with Crippen molar-refractivity contribution in [2.45, 2.75) is 25.4 Å². The van der Waals surface area contributed by atoms with Crippen molar-refractivity contribution < 1.29 is 4.79 Å². The van der Waals surface area contributed by atoms with E-state index in [1.54, 1.807) is 0 Å². The molecule has 1 unspecified atom stereocenters. The lowest BCUT2D eigenvalue weighted by atomic mass is 10.1. The molecule has 0 spiro atoms. The Morgan fingerprint density at radius 1 is 0.893 bits per heavy atom. The summed E-state index contributed by atoms with van der Waals surface area (Å²) in [6.45, 7) is 0.181. The number of carbonyl (C=O) groups excluding carboxylic acids is 1. The third kappa shape index (κ3) is 2.69. The van der Waals surface area contributed by atoms with Crippen molar-refractivity contribution >= 4 is 27.7 Å². The van der Waals surface area contributed by atoms with Crippen molar-refractivity contribution in [1.82, 2.24) is 9.88 Å². The number of fused-ring (bicyclic) bond motifs is 3. The Morgan fingerprint density at radius 2 is 1.50 bits per heavy atom. The van der Waals surface area contributed by atoms with Gasteiger partial charge in [0.05, 0.1) is 17.1 Å². The smallest absolute Gasteiger partial charge is 0.240 e. The van der Waals surface area contributed by atoms with Gasteiger partial charge in [0.25, 0.3) is 0 Å². The molecule has 0 radical (unpaired) electrons. The number of pyridine rings is 1. The largest absolute Gasteiger partial charge is 0.348 e. The average Bonchev–Trinajstić information content (AvgIpc) is 3.14. The van der Waals surface area contributed by atoms with E-state index in [9.17, 15) is 9.59 Å². The highest BCUT2D eigenvalue weighted by atomic mass is 16.2. The first-order valence-corrected chi connectivity index (χ1v) is 9.60. The summed E-state index contributed by atoms with van der Waals surface area (Å²) < 4.78 is 1.95. The van der Waals surface area contributed by atoms with Gasteiger partial charge in [0.1, 0.15) is 6.54 Å². The summed E-state index contributed by atoms with van der Waals surface area (Å²) in [5.74, 6) is -0.0411. The molecule has 0 fully saturated rings. The van der Waals surface area contributed by atoms with Gasteiger partial charge in [-0.2, -0.15) is 0 Å². The van der Waals surface area contributed by atoms with Gasteiger partial charge in [0, 0.05) is 10.8 Å². The number of hydrogen-bond acceptors (Lipinski definition) is 2. The van der Waals surface area contributed by atoms with E-state index in [2.05, 4.69) is 17.4 Å². The van der Waals surface area contributed by atoms with Crippen LogP contribution in [0.2, 0.25) is 0 Å². The monoisotopic (exact) mass is 368 g/mol. The molecule has 28 heavy (non-hydrogen) atoms. The van der Waals surface area contributed by atoms with Crippen molar-refractivity contribution in [3.63, 3.8) is 0 Å². The van der Waals surface area contributed by atoms with E-state index in [0.29, 0.717) is 10.8 Å². The van der Waals surface area contributed by atoms with Gasteiger partial charge in [0.2, 0.25) is 5.91 Å². The third-order valence-corrected chi connectivity index (χ3v) is 5.65. The molecule has 0 saturated heterocycles. The molecule has 4 nitrogen and oxygen atoms in total. The fourth-order valence-electron chi connectivity index (χ4n) is 4.34. The number of nitrogens with zero attached hydrogens (tertiary/aromatic N) is 1. The topological polar surface area (TPSA) is 51.1 Å². The molecular weight excluding hydrogens is 348 g/mol. The minimum atomic E-state index is -0.0411. The molecule has 138 valence electrons. The molecule has 1 atom stereocenters. The Bertz CT molecular complexity index is 1210. The van der Waals surface area contributed by atoms with Crippen LogP contribution in [0.3, 0.4) is 0 Å². The Morgan fingerprint density at radius 3 is 2.21 bits per heavy atom. The highest BCUT2D eigenvalue weighted by Crippen LogP contribution is 2.30. The van der Waals surface area contributed by atoms with E-state index < -0.39 is 0 Å². The number of nitrogens with one attached hydrogen (secondary N) is 1. The summed E-state index contributed by atoms with van der Waals surface area (Å²) in [4.78, 5) is 25.8. The minimum Gasteiger partial charge on any atom is -0.348 e. The summed E-state index contributed by atoms with van der Waals surface area (Å²) in [5, 5.41) is 4.47. The van der Waals surface area contributed by atoms with Crippen molar-refractivity contribution in [2.24, 2.45) is 0 Å². The van der Waals surface area contributed by atoms with E-state index in [4.69, 9.17) is 0 Å². The lowest BCUT2D eigenvalue weighted by Gasteiger charge is -2.18. The van der Waals surface area contributed by atoms with E-state index >= 15 is 0 Å². The summed E-state index contributed by atoms with van der Waals surface area (Å²) in [7, 11) is 0. The molecule has 0 saturated carbocycles. The quantitative estimate of drug-likeness (QED) is 0.557. The second-order valence-corrected chi connectivity index (χ2v) is 7.31. The molecule has 4 aromatic rings. The lowest BCUT2D eigenvalue weighted by molar-refractivity contribution is -0.122. The molecular formula is C24H20N2O2. The summed E-state index contributed by atoms with van der Waals surface area (Å²) >= 11 is 0. The number of rotatable bonds is 3. The fourth-order valence-corrected chi connectivity index (χ4v) is 4.34. The lowest BCUT2D eigenvalue weighted by Crippen LogP contribution is -2.31. The van der Waals surface area contributed by atoms with Crippen LogP contribution >= 0.6 is 0 Å². The van der Waals surface area contributed by atoms with E-state index in [1.165, 1.54) is 11.1 Å². The Kier molecular flexibility index (Phi) is 3.97. The van der Waals surface area contributed by atoms with Crippen LogP contribution in [0.15, 0.2) is 77.6 Å². The maximum absolute atomic E-state index is 12.9. The fraction of sp³-hybridized carbons (Fsp3) is 0.167. The van der Waals surface area contributed by atoms with Crippen molar-refractivity contribution in [3.05, 3.63) is 94.1 Å². The third-order valence-electron chi connectivity index (χ3n) is 5.65. The number of amides is 1. The predicted molar refractivity (Wildman–Crippen MR) is 111 cm³/mol. The van der Waals surface area contributed by atoms with Gasteiger partial charge < -0.3 is 9.88 Å². The Balaban J connectivity index is 1.54. The molecule has 1 heterocycles. The molecule has 1 N–H and O–H groups in total. The van der Waals surface area contributed by atoms with E-state index in [0.717, 1.165) is 23.9 Å². The van der Waals surface area contributed by atoms with Gasteiger partial charge in [-0.05, 0) is 48.2 Å². The molecule has 1 aromatic heterocycles. The zero-order valence-corrected chi connectivity index (χ0v) is 15.4. The second-order valence-electron chi connectivity index (χ2n) is 7.31. The average molecular weight is 368 g/mol. The standard InChI is InChI=1S/C24H20N2O2/c27-23(25-20-14-13-16-7-1-2-8-17(16)20)15-26-21-11-5-3-9-18(21)24(28)19-10-4-6-12-22(19)26/h1-12,20H,13-15H2,(H,25,27). The first kappa shape index (κ1) is 16.8. The van der Waals surface area contributed by atoms with Gasteiger partial charge in [-0.25, -0.2) is 0 Å². The van der Waals surface area contributed by atoms with E-state index in [-0.39, 0.29) is 23.9 Å². The first-order chi connectivity index (χ1) is 13.7. The van der Waals surface area contributed by atoms with Crippen LogP contribution in [-0.4, -0.2) is 10.5 Å². The highest BCUT2D eigenvalue weighted by molar-refractivity contribution is 5.94. The van der Waals surface area contributed by atoms with Crippen molar-refractivity contribution in [1.29, 1.82) is 0 Å². The SMILES string of the molecule is O=C(Cn1c2ccccc2c(=O)c2ccccc21)NC1CCc2ccccc21. The number of benzene rings is 3. The minimum absolute atomic E-state index is 0.00702. The molecule has 1 amide bonds. The van der Waals surface area contributed by atoms with Crippen molar-refractivity contribution in [2.75, 3.05) is 0 Å². The molecule has 1 aliphatic rings. The molecule has 0 aliphatic heterocycles.